The van der Waals surface area contributed by atoms with Crippen LogP contribution in [0.4, 0.5) is 0 Å². The van der Waals surface area contributed by atoms with Crippen LogP contribution in [0.5, 0.6) is 0 Å². The van der Waals surface area contributed by atoms with Gasteiger partial charge in [0.25, 0.3) is 0 Å². The van der Waals surface area contributed by atoms with E-state index in [2.05, 4.69) is 25.9 Å². The standard InChI is InChI=1S/C4H11N.C3H7NO2/c1-4-5(2)3;1-2(4)3(5)6/h4H2,1-3H3;2H,4H2,1H3,(H,5,6)/t;2-/m.0/s1. The van der Waals surface area contributed by atoms with Crippen LogP contribution in [0, 0.1) is 0 Å². The van der Waals surface area contributed by atoms with Gasteiger partial charge in [-0.2, -0.15) is 0 Å². The van der Waals surface area contributed by atoms with Crippen LogP contribution in [0.2, 0.25) is 0 Å². The van der Waals surface area contributed by atoms with E-state index >= 15 is 0 Å². The molecule has 0 aliphatic rings. The van der Waals surface area contributed by atoms with Gasteiger partial charge in [0, 0.05) is 0 Å². The summed E-state index contributed by atoms with van der Waals surface area (Å²) in [6.07, 6.45) is 0. The van der Waals surface area contributed by atoms with Crippen LogP contribution in [0.25, 0.3) is 0 Å². The van der Waals surface area contributed by atoms with Crippen molar-refractivity contribution in [2.75, 3.05) is 20.6 Å². The Morgan fingerprint density at radius 2 is 1.82 bits per heavy atom. The molecule has 11 heavy (non-hydrogen) atoms. The number of rotatable bonds is 2. The maximum atomic E-state index is 9.57. The second kappa shape index (κ2) is 7.50. The van der Waals surface area contributed by atoms with Crippen molar-refractivity contribution >= 4 is 5.97 Å². The van der Waals surface area contributed by atoms with Crippen molar-refractivity contribution in [1.82, 2.24) is 4.90 Å². The van der Waals surface area contributed by atoms with Gasteiger partial charge in [-0.3, -0.25) is 4.79 Å². The Kier molecular flexibility index (Phi) is 8.87. The number of carbonyl (C=O) groups is 1. The SMILES string of the molecule is CCN(C)C.C[C@H](N)C(=O)O. The monoisotopic (exact) mass is 162 g/mol. The van der Waals surface area contributed by atoms with Gasteiger partial charge in [0.15, 0.2) is 0 Å². The van der Waals surface area contributed by atoms with Gasteiger partial charge >= 0.3 is 5.97 Å². The maximum absolute atomic E-state index is 9.57. The molecule has 68 valence electrons. The van der Waals surface area contributed by atoms with E-state index in [1.165, 1.54) is 6.92 Å². The summed E-state index contributed by atoms with van der Waals surface area (Å²) < 4.78 is 0. The molecular weight excluding hydrogens is 144 g/mol. The molecule has 0 heterocycles. The molecule has 0 aromatic rings. The lowest BCUT2D eigenvalue weighted by Gasteiger charge is -2.00. The van der Waals surface area contributed by atoms with Gasteiger partial charge in [-0.25, -0.2) is 0 Å². The van der Waals surface area contributed by atoms with Crippen LogP contribution in [-0.4, -0.2) is 42.7 Å². The molecule has 0 saturated carbocycles. The highest BCUT2D eigenvalue weighted by atomic mass is 16.4. The summed E-state index contributed by atoms with van der Waals surface area (Å²) in [6.45, 7) is 4.68. The van der Waals surface area contributed by atoms with Crippen molar-refractivity contribution in [2.45, 2.75) is 19.9 Å². The summed E-state index contributed by atoms with van der Waals surface area (Å²) in [5.74, 6) is -0.963. The van der Waals surface area contributed by atoms with Crippen molar-refractivity contribution in [3.05, 3.63) is 0 Å². The number of hydrogen-bond acceptors (Lipinski definition) is 3. The summed E-state index contributed by atoms with van der Waals surface area (Å²) in [5, 5.41) is 7.87. The van der Waals surface area contributed by atoms with Gasteiger partial charge in [0.1, 0.15) is 6.04 Å². The van der Waals surface area contributed by atoms with E-state index in [1.54, 1.807) is 0 Å². The minimum absolute atomic E-state index is 0.731. The van der Waals surface area contributed by atoms with Gasteiger partial charge < -0.3 is 15.7 Å². The van der Waals surface area contributed by atoms with Crippen molar-refractivity contribution in [3.8, 4) is 0 Å². The zero-order chi connectivity index (χ0) is 9.44. The van der Waals surface area contributed by atoms with E-state index in [4.69, 9.17) is 10.8 Å². The Labute approximate surface area is 68.0 Å². The first-order valence-corrected chi connectivity index (χ1v) is 3.54. The molecule has 0 aromatic carbocycles. The average Bonchev–Trinajstić information content (AvgIpc) is 1.89. The lowest BCUT2D eigenvalue weighted by molar-refractivity contribution is -0.138. The molecule has 0 radical (unpaired) electrons. The third-order valence-electron chi connectivity index (χ3n) is 1.02. The van der Waals surface area contributed by atoms with E-state index in [1.807, 2.05) is 0 Å². The molecule has 0 aromatic heterocycles. The lowest BCUT2D eigenvalue weighted by Crippen LogP contribution is -2.25. The van der Waals surface area contributed by atoms with Crippen LogP contribution in [0.15, 0.2) is 0 Å². The number of carboxylic acids is 1. The van der Waals surface area contributed by atoms with Crippen LogP contribution in [-0.2, 0) is 4.79 Å². The Morgan fingerprint density at radius 1 is 1.64 bits per heavy atom. The Bertz CT molecular complexity index is 103. The first-order chi connectivity index (χ1) is 4.91. The third-order valence-corrected chi connectivity index (χ3v) is 1.02. The molecular formula is C7H18N2O2. The minimum Gasteiger partial charge on any atom is -0.480 e. The van der Waals surface area contributed by atoms with Crippen LogP contribution in [0.1, 0.15) is 13.8 Å². The fourth-order valence-electron chi connectivity index (χ4n) is 0. The molecule has 4 nitrogen and oxygen atoms in total. The zero-order valence-corrected chi connectivity index (χ0v) is 7.66. The summed E-state index contributed by atoms with van der Waals surface area (Å²) in [4.78, 5) is 11.7. The number of carboxylic acid groups (broad SMARTS) is 1. The third kappa shape index (κ3) is 17.7. The van der Waals surface area contributed by atoms with Gasteiger partial charge in [-0.1, -0.05) is 6.92 Å². The molecule has 0 rings (SSSR count). The largest absolute Gasteiger partial charge is 0.480 e. The molecule has 4 heteroatoms. The van der Waals surface area contributed by atoms with Gasteiger partial charge in [-0.05, 0) is 27.6 Å². The van der Waals surface area contributed by atoms with E-state index < -0.39 is 12.0 Å². The maximum Gasteiger partial charge on any atom is 0.320 e. The normalized spacial score (nSPS) is 11.8. The fourth-order valence-corrected chi connectivity index (χ4v) is 0. The van der Waals surface area contributed by atoms with Gasteiger partial charge in [0.05, 0.1) is 0 Å². The van der Waals surface area contributed by atoms with Gasteiger partial charge in [0.2, 0.25) is 0 Å². The predicted molar refractivity (Wildman–Crippen MR) is 45.5 cm³/mol. The Balaban J connectivity index is 0. The quantitative estimate of drug-likeness (QED) is 0.599. The molecule has 0 amide bonds. The minimum atomic E-state index is -0.963. The molecule has 0 bridgehead atoms. The molecule has 0 unspecified atom stereocenters. The van der Waals surface area contributed by atoms with E-state index in [0.717, 1.165) is 6.54 Å². The molecule has 0 spiro atoms. The average molecular weight is 162 g/mol. The van der Waals surface area contributed by atoms with Crippen LogP contribution in [0.3, 0.4) is 0 Å². The summed E-state index contributed by atoms with van der Waals surface area (Å²) in [5.41, 5.74) is 4.84. The van der Waals surface area contributed by atoms with Crippen LogP contribution < -0.4 is 5.73 Å². The highest BCUT2D eigenvalue weighted by Gasteiger charge is 1.99. The fraction of sp³-hybridized carbons (Fsp3) is 0.857. The first kappa shape index (κ1) is 13.0. The molecule has 0 aliphatic heterocycles. The molecule has 0 fully saturated rings. The van der Waals surface area contributed by atoms with Crippen molar-refractivity contribution in [3.63, 3.8) is 0 Å². The number of nitrogens with two attached hydrogens (primary N) is 1. The zero-order valence-electron chi connectivity index (χ0n) is 7.66. The highest BCUT2D eigenvalue weighted by Crippen LogP contribution is 1.68. The lowest BCUT2D eigenvalue weighted by atomic mass is 10.4. The first-order valence-electron chi connectivity index (χ1n) is 3.54. The molecule has 0 saturated heterocycles. The Hall–Kier alpha value is -0.610. The summed E-state index contributed by atoms with van der Waals surface area (Å²) >= 11 is 0. The second-order valence-electron chi connectivity index (χ2n) is 2.52. The van der Waals surface area contributed by atoms with Crippen molar-refractivity contribution in [2.24, 2.45) is 5.73 Å². The number of aliphatic carboxylic acids is 1. The number of nitrogens with zero attached hydrogens (tertiary/aromatic N) is 1. The topological polar surface area (TPSA) is 66.6 Å². The van der Waals surface area contributed by atoms with E-state index in [-0.39, 0.29) is 0 Å². The molecule has 1 atom stereocenters. The smallest absolute Gasteiger partial charge is 0.320 e. The number of hydrogen-bond donors (Lipinski definition) is 2. The molecule has 0 aliphatic carbocycles. The van der Waals surface area contributed by atoms with Crippen LogP contribution >= 0.6 is 0 Å². The predicted octanol–water partition coefficient (Wildman–Crippen LogP) is -0.0139. The van der Waals surface area contributed by atoms with E-state index in [9.17, 15) is 4.79 Å². The highest BCUT2D eigenvalue weighted by molar-refractivity contribution is 5.72. The molecule has 3 N–H and O–H groups in total. The van der Waals surface area contributed by atoms with Crippen molar-refractivity contribution in [1.29, 1.82) is 0 Å². The summed E-state index contributed by atoms with van der Waals surface area (Å²) in [6, 6.07) is -0.731. The summed E-state index contributed by atoms with van der Waals surface area (Å²) in [7, 11) is 4.11. The van der Waals surface area contributed by atoms with Crippen molar-refractivity contribution < 1.29 is 9.90 Å². The second-order valence-corrected chi connectivity index (χ2v) is 2.52. The Morgan fingerprint density at radius 3 is 1.82 bits per heavy atom. The van der Waals surface area contributed by atoms with Gasteiger partial charge in [-0.15, -0.1) is 0 Å². The van der Waals surface area contributed by atoms with E-state index in [0.29, 0.717) is 0 Å².